The second kappa shape index (κ2) is 5.67. The molecule has 1 spiro atoms. The van der Waals surface area contributed by atoms with Gasteiger partial charge in [-0.25, -0.2) is 4.99 Å². The van der Waals surface area contributed by atoms with Crippen LogP contribution >= 0.6 is 0 Å². The molecule has 1 saturated carbocycles. The number of nitrogens with zero attached hydrogens (tertiary/aromatic N) is 1. The number of aliphatic hydroxyl groups excluding tert-OH is 1. The smallest absolute Gasteiger partial charge is 0.303 e. The van der Waals surface area contributed by atoms with E-state index in [1.54, 1.807) is 45.2 Å². The third-order valence-corrected chi connectivity index (χ3v) is 6.11. The summed E-state index contributed by atoms with van der Waals surface area (Å²) in [5.41, 5.74) is -3.42. The zero-order valence-corrected chi connectivity index (χ0v) is 15.6. The number of aliphatic imine (C=N–C) groups is 1. The highest BCUT2D eigenvalue weighted by atomic mass is 16.7. The molecule has 1 aromatic rings. The largest absolute Gasteiger partial charge is 0.497 e. The van der Waals surface area contributed by atoms with Gasteiger partial charge in [0.2, 0.25) is 5.90 Å². The predicted octanol–water partition coefficient (Wildman–Crippen LogP) is 0.425. The first-order valence-corrected chi connectivity index (χ1v) is 8.82. The maximum Gasteiger partial charge on any atom is 0.303 e. The summed E-state index contributed by atoms with van der Waals surface area (Å²) in [5, 5.41) is 21.3. The molecule has 4 rings (SSSR count). The number of ether oxygens (including phenoxy) is 4. The third-order valence-electron chi connectivity index (χ3n) is 6.11. The van der Waals surface area contributed by atoms with E-state index >= 15 is 0 Å². The van der Waals surface area contributed by atoms with Crippen molar-refractivity contribution in [3.05, 3.63) is 29.8 Å². The van der Waals surface area contributed by atoms with Crippen LogP contribution in [0.2, 0.25) is 0 Å². The number of rotatable bonds is 4. The Balaban J connectivity index is 1.80. The van der Waals surface area contributed by atoms with Crippen molar-refractivity contribution in [1.29, 1.82) is 0 Å². The molecule has 6 atom stereocenters. The van der Waals surface area contributed by atoms with Crippen molar-refractivity contribution in [2.45, 2.75) is 55.8 Å². The lowest BCUT2D eigenvalue weighted by molar-refractivity contribution is -0.172. The van der Waals surface area contributed by atoms with Gasteiger partial charge in [0.25, 0.3) is 0 Å². The highest BCUT2D eigenvalue weighted by molar-refractivity contribution is 5.96. The van der Waals surface area contributed by atoms with Crippen LogP contribution in [0.4, 0.5) is 0 Å². The molecule has 8 heteroatoms. The quantitative estimate of drug-likeness (QED) is 0.578. The van der Waals surface area contributed by atoms with Crippen molar-refractivity contribution < 1.29 is 34.0 Å². The van der Waals surface area contributed by atoms with E-state index in [1.807, 2.05) is 0 Å². The molecule has 3 aliphatic rings. The number of benzene rings is 1. The summed E-state index contributed by atoms with van der Waals surface area (Å²) in [7, 11) is 1.58. The van der Waals surface area contributed by atoms with E-state index in [4.69, 9.17) is 23.9 Å². The first kappa shape index (κ1) is 18.2. The second-order valence-corrected chi connectivity index (χ2v) is 7.42. The van der Waals surface area contributed by atoms with E-state index in [9.17, 15) is 15.0 Å². The minimum absolute atomic E-state index is 0.331. The van der Waals surface area contributed by atoms with Crippen LogP contribution in [0.15, 0.2) is 29.3 Å². The molecule has 0 aromatic heterocycles. The number of hydrogen-bond donors (Lipinski definition) is 2. The van der Waals surface area contributed by atoms with E-state index in [-0.39, 0.29) is 0 Å². The van der Waals surface area contributed by atoms with Crippen LogP contribution in [-0.2, 0) is 19.0 Å². The van der Waals surface area contributed by atoms with Gasteiger partial charge in [0.1, 0.15) is 23.6 Å². The monoisotopic (exact) mass is 377 g/mol. The van der Waals surface area contributed by atoms with Crippen LogP contribution in [0.25, 0.3) is 0 Å². The number of hydrogen-bond acceptors (Lipinski definition) is 8. The minimum atomic E-state index is -1.60. The lowest BCUT2D eigenvalue weighted by Gasteiger charge is -2.43. The van der Waals surface area contributed by atoms with Crippen molar-refractivity contribution in [3.63, 3.8) is 0 Å². The Bertz CT molecular complexity index is 805. The summed E-state index contributed by atoms with van der Waals surface area (Å²) >= 11 is 0. The first-order chi connectivity index (χ1) is 12.7. The standard InChI is InChI=1S/C19H23NO7/c1-10-19(20-16(25-10)12-5-7-13(24-4)8-6-12)15(26-11(2)22)14-18(9-21,27-14)17(19,3)23/h5-8,10,14-15,21,23H,9H2,1-4H3/t10-,14+,15+,17-,18+,19-/m0/s1. The van der Waals surface area contributed by atoms with E-state index in [0.29, 0.717) is 17.2 Å². The Hall–Kier alpha value is -2.16. The molecular weight excluding hydrogens is 354 g/mol. The minimum Gasteiger partial charge on any atom is -0.497 e. The molecule has 0 bridgehead atoms. The van der Waals surface area contributed by atoms with Gasteiger partial charge >= 0.3 is 5.97 Å². The summed E-state index contributed by atoms with van der Waals surface area (Å²) in [4.78, 5) is 16.4. The predicted molar refractivity (Wildman–Crippen MR) is 93.7 cm³/mol. The summed E-state index contributed by atoms with van der Waals surface area (Å²) in [5.74, 6) is 0.510. The van der Waals surface area contributed by atoms with Crippen molar-refractivity contribution in [2.75, 3.05) is 13.7 Å². The molecule has 2 heterocycles. The normalized spacial score (nSPS) is 41.7. The Morgan fingerprint density at radius 1 is 1.33 bits per heavy atom. The summed E-state index contributed by atoms with van der Waals surface area (Å²) < 4.78 is 22.3. The Kier molecular flexibility index (Phi) is 3.82. The Labute approximate surface area is 156 Å². The van der Waals surface area contributed by atoms with Gasteiger partial charge in [-0.15, -0.1) is 0 Å². The number of epoxide rings is 1. The average Bonchev–Trinajstić information content (AvgIpc) is 3.25. The first-order valence-electron chi connectivity index (χ1n) is 8.82. The zero-order valence-electron chi connectivity index (χ0n) is 15.6. The lowest BCUT2D eigenvalue weighted by atomic mass is 9.75. The molecule has 0 unspecified atom stereocenters. The molecular formula is C19H23NO7. The topological polar surface area (TPSA) is 110 Å². The zero-order chi connectivity index (χ0) is 19.6. The molecule has 146 valence electrons. The number of carbonyl (C=O) groups excluding carboxylic acids is 1. The summed E-state index contributed by atoms with van der Waals surface area (Å²) in [6.45, 7) is 4.19. The van der Waals surface area contributed by atoms with Gasteiger partial charge in [0, 0.05) is 12.5 Å². The molecule has 8 nitrogen and oxygen atoms in total. The second-order valence-electron chi connectivity index (χ2n) is 7.42. The molecule has 1 aliphatic carbocycles. The average molecular weight is 377 g/mol. The van der Waals surface area contributed by atoms with Gasteiger partial charge in [-0.05, 0) is 38.1 Å². The van der Waals surface area contributed by atoms with Gasteiger partial charge in [0.15, 0.2) is 17.2 Å². The maximum absolute atomic E-state index is 11.7. The fourth-order valence-electron chi connectivity index (χ4n) is 4.56. The molecule has 2 N–H and O–H groups in total. The van der Waals surface area contributed by atoms with Crippen molar-refractivity contribution in [1.82, 2.24) is 0 Å². The van der Waals surface area contributed by atoms with Crippen LogP contribution in [0.1, 0.15) is 26.3 Å². The van der Waals surface area contributed by atoms with Crippen LogP contribution in [-0.4, -0.2) is 70.8 Å². The fourth-order valence-corrected chi connectivity index (χ4v) is 4.56. The highest BCUT2D eigenvalue weighted by Crippen LogP contribution is 2.64. The van der Waals surface area contributed by atoms with Gasteiger partial charge in [0.05, 0.1) is 13.7 Å². The Morgan fingerprint density at radius 2 is 2.00 bits per heavy atom. The van der Waals surface area contributed by atoms with Gasteiger partial charge in [-0.1, -0.05) is 0 Å². The van der Waals surface area contributed by atoms with E-state index in [0.717, 1.165) is 0 Å². The molecule has 1 aromatic carbocycles. The number of aliphatic hydroxyl groups is 2. The van der Waals surface area contributed by atoms with Gasteiger partial charge in [-0.3, -0.25) is 4.79 Å². The third kappa shape index (κ3) is 2.14. The van der Waals surface area contributed by atoms with E-state index in [2.05, 4.69) is 0 Å². The molecule has 0 radical (unpaired) electrons. The number of esters is 1. The van der Waals surface area contributed by atoms with E-state index < -0.39 is 47.6 Å². The summed E-state index contributed by atoms with van der Waals surface area (Å²) in [6, 6.07) is 7.16. The van der Waals surface area contributed by atoms with Crippen molar-refractivity contribution in [2.24, 2.45) is 4.99 Å². The fraction of sp³-hybridized carbons (Fsp3) is 0.579. The molecule has 2 aliphatic heterocycles. The Morgan fingerprint density at radius 3 is 2.56 bits per heavy atom. The van der Waals surface area contributed by atoms with Gasteiger partial charge < -0.3 is 29.2 Å². The highest BCUT2D eigenvalue weighted by Gasteiger charge is 2.88. The van der Waals surface area contributed by atoms with Crippen LogP contribution in [0, 0.1) is 0 Å². The maximum atomic E-state index is 11.7. The van der Waals surface area contributed by atoms with E-state index in [1.165, 1.54) is 6.92 Å². The number of fused-ring (bicyclic) bond motifs is 1. The SMILES string of the molecule is COc1ccc(C2=N[C@@]3([C@H](C)O2)[C@H](OC(C)=O)[C@H]2O[C@@]2(CO)[C@]3(C)O)cc1. The van der Waals surface area contributed by atoms with Gasteiger partial charge in [-0.2, -0.15) is 0 Å². The molecule has 1 saturated heterocycles. The van der Waals surface area contributed by atoms with Crippen LogP contribution in [0.3, 0.4) is 0 Å². The molecule has 2 fully saturated rings. The molecule has 0 amide bonds. The van der Waals surface area contributed by atoms with Crippen LogP contribution < -0.4 is 4.74 Å². The number of methoxy groups -OCH3 is 1. The lowest BCUT2D eigenvalue weighted by Crippen LogP contribution is -2.65. The van der Waals surface area contributed by atoms with Crippen molar-refractivity contribution >= 4 is 11.9 Å². The van der Waals surface area contributed by atoms with Crippen molar-refractivity contribution in [3.8, 4) is 5.75 Å². The van der Waals surface area contributed by atoms with Crippen LogP contribution in [0.5, 0.6) is 5.75 Å². The molecule has 27 heavy (non-hydrogen) atoms. The summed E-state index contributed by atoms with van der Waals surface area (Å²) in [6.07, 6.45) is -2.12. The number of carbonyl (C=O) groups is 1.